The Kier molecular flexibility index (Phi) is 3.40. The molecule has 0 amide bonds. The Morgan fingerprint density at radius 2 is 2.00 bits per heavy atom. The maximum absolute atomic E-state index is 7.13. The zero-order valence-corrected chi connectivity index (χ0v) is 10.1. The molecule has 0 radical (unpaired) electrons. The van der Waals surface area contributed by atoms with Gasteiger partial charge in [0.25, 0.3) is 0 Å². The van der Waals surface area contributed by atoms with Crippen LogP contribution in [0.15, 0.2) is 49.3 Å². The largest absolute Gasteiger partial charge is 0.497 e. The summed E-state index contributed by atoms with van der Waals surface area (Å²) < 4.78 is 5.11. The number of nitrogens with zero attached hydrogens (tertiary/aromatic N) is 2. The molecule has 18 heavy (non-hydrogen) atoms. The molecule has 3 nitrogen and oxygen atoms in total. The van der Waals surface area contributed by atoms with E-state index in [1.165, 1.54) is 0 Å². The quantitative estimate of drug-likeness (QED) is 0.759. The fraction of sp³-hybridized carbons (Fsp3) is 0.0667. The van der Waals surface area contributed by atoms with Crippen LogP contribution in [0.25, 0.3) is 10.4 Å². The minimum Gasteiger partial charge on any atom is -0.497 e. The molecule has 0 spiro atoms. The first kappa shape index (κ1) is 11.9. The number of benzene rings is 1. The standard InChI is InChI=1S/C15H12N2O/c1-11(12-4-6-13(18-3)7-5-12)14-8-9-17-10-15(14)16-2/h4-10H,1H2,3H3. The second-order valence-electron chi connectivity index (χ2n) is 3.71. The van der Waals surface area contributed by atoms with E-state index in [9.17, 15) is 0 Å². The monoisotopic (exact) mass is 236 g/mol. The molecular weight excluding hydrogens is 224 g/mol. The van der Waals surface area contributed by atoms with Crippen molar-refractivity contribution in [2.45, 2.75) is 0 Å². The first-order valence-electron chi connectivity index (χ1n) is 5.41. The molecule has 1 aromatic heterocycles. The van der Waals surface area contributed by atoms with Gasteiger partial charge < -0.3 is 4.74 Å². The summed E-state index contributed by atoms with van der Waals surface area (Å²) in [5.74, 6) is 0.798. The predicted octanol–water partition coefficient (Wildman–Crippen LogP) is 3.70. The molecule has 0 bridgehead atoms. The van der Waals surface area contributed by atoms with E-state index in [0.29, 0.717) is 5.69 Å². The second-order valence-corrected chi connectivity index (χ2v) is 3.71. The summed E-state index contributed by atoms with van der Waals surface area (Å²) in [7, 11) is 1.63. The zero-order chi connectivity index (χ0) is 13.0. The lowest BCUT2D eigenvalue weighted by atomic mass is 9.99. The van der Waals surface area contributed by atoms with Gasteiger partial charge in [0.2, 0.25) is 5.69 Å². The van der Waals surface area contributed by atoms with Crippen molar-refractivity contribution in [3.8, 4) is 5.75 Å². The summed E-state index contributed by atoms with van der Waals surface area (Å²) in [6.45, 7) is 11.2. The summed E-state index contributed by atoms with van der Waals surface area (Å²) >= 11 is 0. The van der Waals surface area contributed by atoms with Gasteiger partial charge in [-0.1, -0.05) is 18.7 Å². The Hall–Kier alpha value is -2.60. The molecule has 1 aromatic carbocycles. The smallest absolute Gasteiger partial charge is 0.212 e. The van der Waals surface area contributed by atoms with Crippen molar-refractivity contribution in [3.63, 3.8) is 0 Å². The Balaban J connectivity index is 2.39. The number of pyridine rings is 1. The number of rotatable bonds is 3. The maximum Gasteiger partial charge on any atom is 0.212 e. The highest BCUT2D eigenvalue weighted by Gasteiger charge is 2.07. The Bertz CT molecular complexity index is 609. The number of hydrogen-bond acceptors (Lipinski definition) is 2. The lowest BCUT2D eigenvalue weighted by molar-refractivity contribution is 0.415. The molecule has 88 valence electrons. The van der Waals surface area contributed by atoms with E-state index in [2.05, 4.69) is 16.4 Å². The van der Waals surface area contributed by atoms with Crippen LogP contribution in [0.5, 0.6) is 5.75 Å². The summed E-state index contributed by atoms with van der Waals surface area (Å²) in [4.78, 5) is 7.40. The Labute approximate surface area is 106 Å². The third kappa shape index (κ3) is 2.23. The lowest BCUT2D eigenvalue weighted by Gasteiger charge is -2.08. The first-order valence-corrected chi connectivity index (χ1v) is 5.41. The first-order chi connectivity index (χ1) is 8.76. The van der Waals surface area contributed by atoms with Gasteiger partial charge in [0, 0.05) is 12.4 Å². The Morgan fingerprint density at radius 3 is 2.61 bits per heavy atom. The van der Waals surface area contributed by atoms with Crippen LogP contribution in [0, 0.1) is 6.57 Å². The van der Waals surface area contributed by atoms with Crippen LogP contribution in [0.2, 0.25) is 0 Å². The molecule has 0 N–H and O–H groups in total. The summed E-state index contributed by atoms with van der Waals surface area (Å²) in [6, 6.07) is 9.41. The molecule has 3 heteroatoms. The van der Waals surface area contributed by atoms with Crippen molar-refractivity contribution in [3.05, 3.63) is 71.8 Å². The van der Waals surface area contributed by atoms with E-state index in [1.807, 2.05) is 24.3 Å². The fourth-order valence-corrected chi connectivity index (χ4v) is 1.68. The minimum absolute atomic E-state index is 0.512. The van der Waals surface area contributed by atoms with Crippen molar-refractivity contribution in [2.75, 3.05) is 7.11 Å². The van der Waals surface area contributed by atoms with Gasteiger partial charge in [-0.25, -0.2) is 4.85 Å². The van der Waals surface area contributed by atoms with Gasteiger partial charge in [-0.3, -0.25) is 4.98 Å². The summed E-state index contributed by atoms with van der Waals surface area (Å²) in [5, 5.41) is 0. The topological polar surface area (TPSA) is 26.5 Å². The average Bonchev–Trinajstić information content (AvgIpc) is 2.46. The van der Waals surface area contributed by atoms with Crippen molar-refractivity contribution >= 4 is 11.3 Å². The highest BCUT2D eigenvalue weighted by molar-refractivity contribution is 5.84. The van der Waals surface area contributed by atoms with Crippen LogP contribution in [-0.4, -0.2) is 12.1 Å². The maximum atomic E-state index is 7.13. The number of ether oxygens (including phenoxy) is 1. The molecular formula is C15H12N2O. The van der Waals surface area contributed by atoms with Crippen LogP contribution < -0.4 is 4.74 Å². The molecule has 0 aliphatic carbocycles. The van der Waals surface area contributed by atoms with Crippen molar-refractivity contribution in [1.82, 2.24) is 4.98 Å². The van der Waals surface area contributed by atoms with Gasteiger partial charge in [-0.05, 0) is 34.9 Å². The molecule has 0 unspecified atom stereocenters. The van der Waals surface area contributed by atoms with Gasteiger partial charge in [0.05, 0.1) is 13.7 Å². The van der Waals surface area contributed by atoms with E-state index >= 15 is 0 Å². The number of methoxy groups -OCH3 is 1. The van der Waals surface area contributed by atoms with Crippen molar-refractivity contribution < 1.29 is 4.74 Å². The van der Waals surface area contributed by atoms with Crippen molar-refractivity contribution in [2.24, 2.45) is 0 Å². The van der Waals surface area contributed by atoms with Gasteiger partial charge in [0.15, 0.2) is 0 Å². The predicted molar refractivity (Wildman–Crippen MR) is 71.6 cm³/mol. The zero-order valence-electron chi connectivity index (χ0n) is 10.1. The van der Waals surface area contributed by atoms with Crippen molar-refractivity contribution in [1.29, 1.82) is 0 Å². The molecule has 2 rings (SSSR count). The minimum atomic E-state index is 0.512. The number of hydrogen-bond donors (Lipinski definition) is 0. The lowest BCUT2D eigenvalue weighted by Crippen LogP contribution is -1.88. The molecule has 0 aliphatic rings. The molecule has 0 saturated carbocycles. The van der Waals surface area contributed by atoms with Crippen LogP contribution in [-0.2, 0) is 0 Å². The average molecular weight is 236 g/mol. The molecule has 0 fully saturated rings. The number of aromatic nitrogens is 1. The van der Waals surface area contributed by atoms with E-state index in [1.54, 1.807) is 25.6 Å². The highest BCUT2D eigenvalue weighted by Crippen LogP contribution is 2.29. The van der Waals surface area contributed by atoms with E-state index in [0.717, 1.165) is 22.4 Å². The van der Waals surface area contributed by atoms with Gasteiger partial charge >= 0.3 is 0 Å². The van der Waals surface area contributed by atoms with Crippen LogP contribution >= 0.6 is 0 Å². The summed E-state index contributed by atoms with van der Waals surface area (Å²) in [5.41, 5.74) is 3.10. The Morgan fingerprint density at radius 1 is 1.28 bits per heavy atom. The molecule has 0 saturated heterocycles. The van der Waals surface area contributed by atoms with Gasteiger partial charge in [-0.2, -0.15) is 0 Å². The summed E-state index contributed by atoms with van der Waals surface area (Å²) in [6.07, 6.45) is 3.22. The second kappa shape index (κ2) is 5.15. The van der Waals surface area contributed by atoms with Crippen LogP contribution in [0.1, 0.15) is 11.1 Å². The third-order valence-corrected chi connectivity index (χ3v) is 2.68. The van der Waals surface area contributed by atoms with Gasteiger partial charge in [-0.15, -0.1) is 0 Å². The molecule has 0 atom stereocenters. The highest BCUT2D eigenvalue weighted by atomic mass is 16.5. The van der Waals surface area contributed by atoms with E-state index in [4.69, 9.17) is 11.3 Å². The fourth-order valence-electron chi connectivity index (χ4n) is 1.68. The third-order valence-electron chi connectivity index (χ3n) is 2.68. The van der Waals surface area contributed by atoms with E-state index in [-0.39, 0.29) is 0 Å². The molecule has 0 aliphatic heterocycles. The van der Waals surface area contributed by atoms with E-state index < -0.39 is 0 Å². The van der Waals surface area contributed by atoms with Crippen LogP contribution in [0.4, 0.5) is 5.69 Å². The normalized spacial score (nSPS) is 9.56. The van der Waals surface area contributed by atoms with Gasteiger partial charge in [0.1, 0.15) is 5.75 Å². The molecule has 2 aromatic rings. The SMILES string of the molecule is [C-]#[N+]c1cnccc1C(=C)c1ccc(OC)cc1. The molecule has 1 heterocycles. The van der Waals surface area contributed by atoms with Crippen LogP contribution in [0.3, 0.4) is 0 Å².